The zero-order valence-electron chi connectivity index (χ0n) is 10.6. The van der Waals surface area contributed by atoms with E-state index in [9.17, 15) is 4.79 Å². The number of aryl methyl sites for hydroxylation is 1. The van der Waals surface area contributed by atoms with Crippen LogP contribution in [0.5, 0.6) is 0 Å². The monoisotopic (exact) mass is 282 g/mol. The number of anilines is 2. The number of nitrogens with two attached hydrogens (primary N) is 1. The quantitative estimate of drug-likeness (QED) is 0.741. The van der Waals surface area contributed by atoms with Crippen molar-refractivity contribution in [3.8, 4) is 0 Å². The Morgan fingerprint density at radius 2 is 2.26 bits per heavy atom. The molecule has 0 fully saturated rings. The Hall–Kier alpha value is -2.16. The molecule has 8 nitrogen and oxygen atoms in total. The minimum Gasteiger partial charge on any atom is -0.382 e. The molecule has 9 heteroatoms. The molecule has 0 spiro atoms. The molecule has 0 radical (unpaired) electrons. The summed E-state index contributed by atoms with van der Waals surface area (Å²) in [5.41, 5.74) is 5.69. The van der Waals surface area contributed by atoms with E-state index in [1.165, 1.54) is 11.3 Å². The Morgan fingerprint density at radius 1 is 1.47 bits per heavy atom. The van der Waals surface area contributed by atoms with Gasteiger partial charge in [-0.1, -0.05) is 16.5 Å². The van der Waals surface area contributed by atoms with Gasteiger partial charge in [-0.15, -0.1) is 0 Å². The Kier molecular flexibility index (Phi) is 3.95. The minimum absolute atomic E-state index is 0.185. The van der Waals surface area contributed by atoms with Crippen molar-refractivity contribution >= 4 is 28.2 Å². The third-order valence-corrected chi connectivity index (χ3v) is 3.19. The highest BCUT2D eigenvalue weighted by Gasteiger charge is 2.16. The smallest absolute Gasteiger partial charge is 0.265 e. The van der Waals surface area contributed by atoms with Gasteiger partial charge in [-0.3, -0.25) is 4.79 Å². The van der Waals surface area contributed by atoms with E-state index in [1.54, 1.807) is 6.92 Å². The highest BCUT2D eigenvalue weighted by atomic mass is 32.1. The summed E-state index contributed by atoms with van der Waals surface area (Å²) in [7, 11) is 0. The molecule has 0 aliphatic heterocycles. The minimum atomic E-state index is -0.304. The summed E-state index contributed by atoms with van der Waals surface area (Å²) in [4.78, 5) is 20.3. The van der Waals surface area contributed by atoms with Gasteiger partial charge >= 0.3 is 0 Å². The standard InChI is InChI=1S/C10H14N6O2S/c1-3-12-10-15-8(11)7(19-10)9(17)13-4-6-14-5(2)18-16-6/h3-4,11H2,1-2H3,(H,12,15)(H,13,17). The highest BCUT2D eigenvalue weighted by Crippen LogP contribution is 2.24. The summed E-state index contributed by atoms with van der Waals surface area (Å²) in [6, 6.07) is 0. The van der Waals surface area contributed by atoms with Crippen molar-refractivity contribution in [2.45, 2.75) is 20.4 Å². The van der Waals surface area contributed by atoms with Gasteiger partial charge in [0.25, 0.3) is 5.91 Å². The van der Waals surface area contributed by atoms with Crippen molar-refractivity contribution in [2.24, 2.45) is 0 Å². The first-order chi connectivity index (χ1) is 9.10. The van der Waals surface area contributed by atoms with Crippen LogP contribution in [0.25, 0.3) is 0 Å². The van der Waals surface area contributed by atoms with E-state index < -0.39 is 0 Å². The van der Waals surface area contributed by atoms with Crippen molar-refractivity contribution < 1.29 is 9.32 Å². The van der Waals surface area contributed by atoms with Crippen LogP contribution in [0.2, 0.25) is 0 Å². The van der Waals surface area contributed by atoms with Gasteiger partial charge in [0.2, 0.25) is 5.89 Å². The lowest BCUT2D eigenvalue weighted by molar-refractivity contribution is 0.0954. The topological polar surface area (TPSA) is 119 Å². The molecule has 0 bridgehead atoms. The summed E-state index contributed by atoms with van der Waals surface area (Å²) >= 11 is 1.21. The van der Waals surface area contributed by atoms with Crippen molar-refractivity contribution in [1.82, 2.24) is 20.4 Å². The highest BCUT2D eigenvalue weighted by molar-refractivity contribution is 7.18. The summed E-state index contributed by atoms with van der Waals surface area (Å²) in [5.74, 6) is 0.779. The molecular formula is C10H14N6O2S. The van der Waals surface area contributed by atoms with Gasteiger partial charge < -0.3 is 20.9 Å². The molecule has 0 aliphatic carbocycles. The number of hydrogen-bond acceptors (Lipinski definition) is 8. The SMILES string of the molecule is CCNc1nc(N)c(C(=O)NCc2noc(C)n2)s1. The van der Waals surface area contributed by atoms with Gasteiger partial charge in [-0.2, -0.15) is 4.98 Å². The summed E-state index contributed by atoms with van der Waals surface area (Å²) in [6.45, 7) is 4.53. The average Bonchev–Trinajstić information content (AvgIpc) is 2.93. The van der Waals surface area contributed by atoms with E-state index >= 15 is 0 Å². The molecule has 1 amide bonds. The van der Waals surface area contributed by atoms with Gasteiger partial charge in [0.05, 0.1) is 6.54 Å². The van der Waals surface area contributed by atoms with Crippen LogP contribution in [0, 0.1) is 6.92 Å². The van der Waals surface area contributed by atoms with E-state index in [2.05, 4.69) is 25.8 Å². The molecule has 2 aromatic rings. The fraction of sp³-hybridized carbons (Fsp3) is 0.400. The van der Waals surface area contributed by atoms with Gasteiger partial charge in [-0.05, 0) is 6.92 Å². The van der Waals surface area contributed by atoms with Gasteiger partial charge in [0.15, 0.2) is 11.0 Å². The van der Waals surface area contributed by atoms with Crippen LogP contribution in [0.15, 0.2) is 4.52 Å². The van der Waals surface area contributed by atoms with Crippen molar-refractivity contribution in [2.75, 3.05) is 17.6 Å². The fourth-order valence-electron chi connectivity index (χ4n) is 1.37. The lowest BCUT2D eigenvalue weighted by Gasteiger charge is -1.99. The number of thiazole rings is 1. The maximum atomic E-state index is 11.9. The van der Waals surface area contributed by atoms with Gasteiger partial charge in [-0.25, -0.2) is 4.98 Å². The normalized spacial score (nSPS) is 10.4. The molecule has 19 heavy (non-hydrogen) atoms. The molecule has 0 atom stereocenters. The number of rotatable bonds is 5. The predicted molar refractivity (Wildman–Crippen MR) is 70.9 cm³/mol. The Morgan fingerprint density at radius 3 is 2.89 bits per heavy atom. The third kappa shape index (κ3) is 3.19. The first-order valence-electron chi connectivity index (χ1n) is 5.67. The van der Waals surface area contributed by atoms with E-state index in [0.717, 1.165) is 6.54 Å². The molecule has 0 aliphatic rings. The molecule has 2 aromatic heterocycles. The second-order valence-corrected chi connectivity index (χ2v) is 4.68. The second kappa shape index (κ2) is 5.65. The van der Waals surface area contributed by atoms with Crippen LogP contribution < -0.4 is 16.4 Å². The van der Waals surface area contributed by atoms with Crippen LogP contribution in [0.4, 0.5) is 10.9 Å². The molecular weight excluding hydrogens is 268 g/mol. The number of aromatic nitrogens is 3. The molecule has 0 saturated carbocycles. The largest absolute Gasteiger partial charge is 0.382 e. The summed E-state index contributed by atoms with van der Waals surface area (Å²) in [6.07, 6.45) is 0. The number of nitrogens with one attached hydrogen (secondary N) is 2. The number of carbonyl (C=O) groups is 1. The van der Waals surface area contributed by atoms with Crippen LogP contribution in [0.1, 0.15) is 28.3 Å². The molecule has 4 N–H and O–H groups in total. The molecule has 102 valence electrons. The van der Waals surface area contributed by atoms with E-state index in [0.29, 0.717) is 21.7 Å². The maximum absolute atomic E-state index is 11.9. The number of nitrogens with zero attached hydrogens (tertiary/aromatic N) is 3. The molecule has 2 heterocycles. The Labute approximate surface area is 113 Å². The first-order valence-corrected chi connectivity index (χ1v) is 6.49. The van der Waals surface area contributed by atoms with E-state index in [-0.39, 0.29) is 18.3 Å². The van der Waals surface area contributed by atoms with Crippen molar-refractivity contribution in [1.29, 1.82) is 0 Å². The number of carbonyl (C=O) groups excluding carboxylic acids is 1. The van der Waals surface area contributed by atoms with Crippen LogP contribution >= 0.6 is 11.3 Å². The first kappa shape index (κ1) is 13.3. The van der Waals surface area contributed by atoms with Crippen LogP contribution in [-0.2, 0) is 6.54 Å². The zero-order valence-corrected chi connectivity index (χ0v) is 11.4. The lowest BCUT2D eigenvalue weighted by Crippen LogP contribution is -2.23. The third-order valence-electron chi connectivity index (χ3n) is 2.16. The summed E-state index contributed by atoms with van der Waals surface area (Å²) < 4.78 is 4.81. The zero-order chi connectivity index (χ0) is 13.8. The second-order valence-electron chi connectivity index (χ2n) is 3.68. The Balaban J connectivity index is 1.99. The lowest BCUT2D eigenvalue weighted by atomic mass is 10.4. The van der Waals surface area contributed by atoms with E-state index in [1.807, 2.05) is 6.92 Å². The molecule has 0 unspecified atom stereocenters. The van der Waals surface area contributed by atoms with E-state index in [4.69, 9.17) is 10.3 Å². The van der Waals surface area contributed by atoms with Crippen molar-refractivity contribution in [3.05, 3.63) is 16.6 Å². The van der Waals surface area contributed by atoms with Crippen LogP contribution in [-0.4, -0.2) is 27.6 Å². The van der Waals surface area contributed by atoms with Gasteiger partial charge in [0, 0.05) is 13.5 Å². The molecule has 2 rings (SSSR count). The van der Waals surface area contributed by atoms with Gasteiger partial charge in [0.1, 0.15) is 10.7 Å². The predicted octanol–water partition coefficient (Wildman–Crippen LogP) is 0.779. The number of hydrogen-bond donors (Lipinski definition) is 3. The Bertz CT molecular complexity index is 578. The van der Waals surface area contributed by atoms with Crippen LogP contribution in [0.3, 0.4) is 0 Å². The molecule has 0 saturated heterocycles. The maximum Gasteiger partial charge on any atom is 0.265 e. The average molecular weight is 282 g/mol. The summed E-state index contributed by atoms with van der Waals surface area (Å²) in [5, 5.41) is 9.98. The molecule has 0 aromatic carbocycles. The van der Waals surface area contributed by atoms with Crippen molar-refractivity contribution in [3.63, 3.8) is 0 Å². The number of nitrogen functional groups attached to an aromatic ring is 1. The number of amides is 1. The fourth-order valence-corrected chi connectivity index (χ4v) is 2.24.